The summed E-state index contributed by atoms with van der Waals surface area (Å²) in [5, 5.41) is 7.28. The minimum absolute atomic E-state index is 0.213. The molecule has 1 heterocycles. The van der Waals surface area contributed by atoms with Crippen molar-refractivity contribution in [2.45, 2.75) is 32.7 Å². The van der Waals surface area contributed by atoms with E-state index in [1.165, 1.54) is 0 Å². The van der Waals surface area contributed by atoms with Crippen molar-refractivity contribution in [1.82, 2.24) is 9.78 Å². The van der Waals surface area contributed by atoms with Gasteiger partial charge in [0.05, 0.1) is 18.8 Å². The van der Waals surface area contributed by atoms with Crippen LogP contribution < -0.4 is 15.8 Å². The van der Waals surface area contributed by atoms with Crippen LogP contribution in [0.25, 0.3) is 0 Å². The van der Waals surface area contributed by atoms with Gasteiger partial charge in [0, 0.05) is 12.6 Å². The quantitative estimate of drug-likeness (QED) is 0.851. The fourth-order valence-electron chi connectivity index (χ4n) is 2.51. The number of aromatic nitrogens is 2. The Labute approximate surface area is 136 Å². The average Bonchev–Trinajstić information content (AvgIpc) is 2.82. The van der Waals surface area contributed by atoms with E-state index < -0.39 is 6.04 Å². The second-order valence-corrected chi connectivity index (χ2v) is 5.55. The number of carbonyl (C=O) groups is 1. The van der Waals surface area contributed by atoms with Gasteiger partial charge < -0.3 is 15.8 Å². The van der Waals surface area contributed by atoms with Gasteiger partial charge in [-0.2, -0.15) is 5.10 Å². The van der Waals surface area contributed by atoms with Crippen molar-refractivity contribution in [2.24, 2.45) is 12.8 Å². The van der Waals surface area contributed by atoms with Crippen molar-refractivity contribution in [3.63, 3.8) is 0 Å². The summed E-state index contributed by atoms with van der Waals surface area (Å²) in [4.78, 5) is 12.3. The molecule has 1 aromatic heterocycles. The standard InChI is InChI=1S/C17H24N4O2/c1-5-15-11(2)16(21(3)20-15)19-17(22)14(18)10-12-6-8-13(23-4)9-7-12/h6-9,14H,5,10,18H2,1-4H3,(H,19,22)/t14-/m0/s1. The van der Waals surface area contributed by atoms with E-state index in [0.29, 0.717) is 12.2 Å². The number of nitrogens with one attached hydrogen (secondary N) is 1. The fraction of sp³-hybridized carbons (Fsp3) is 0.412. The molecule has 0 aliphatic rings. The van der Waals surface area contributed by atoms with Gasteiger partial charge in [-0.1, -0.05) is 19.1 Å². The third-order valence-corrected chi connectivity index (χ3v) is 3.91. The molecule has 0 spiro atoms. The highest BCUT2D eigenvalue weighted by atomic mass is 16.5. The number of carbonyl (C=O) groups excluding carboxylic acids is 1. The van der Waals surface area contributed by atoms with Crippen molar-refractivity contribution < 1.29 is 9.53 Å². The Balaban J connectivity index is 2.03. The Morgan fingerprint density at radius 3 is 2.57 bits per heavy atom. The van der Waals surface area contributed by atoms with E-state index in [-0.39, 0.29) is 5.91 Å². The molecule has 0 fully saturated rings. The fourth-order valence-corrected chi connectivity index (χ4v) is 2.51. The van der Waals surface area contributed by atoms with Crippen LogP contribution in [-0.4, -0.2) is 28.8 Å². The van der Waals surface area contributed by atoms with Crippen LogP contribution in [0, 0.1) is 6.92 Å². The Hall–Kier alpha value is -2.34. The molecular weight excluding hydrogens is 292 g/mol. The van der Waals surface area contributed by atoms with Gasteiger partial charge in [-0.15, -0.1) is 0 Å². The van der Waals surface area contributed by atoms with Crippen molar-refractivity contribution in [2.75, 3.05) is 12.4 Å². The largest absolute Gasteiger partial charge is 0.497 e. The second-order valence-electron chi connectivity index (χ2n) is 5.55. The van der Waals surface area contributed by atoms with Gasteiger partial charge in [-0.3, -0.25) is 9.48 Å². The lowest BCUT2D eigenvalue weighted by Crippen LogP contribution is -2.38. The van der Waals surface area contributed by atoms with Crippen LogP contribution in [0.3, 0.4) is 0 Å². The lowest BCUT2D eigenvalue weighted by Gasteiger charge is -2.13. The number of ether oxygens (including phenoxy) is 1. The number of methoxy groups -OCH3 is 1. The first-order valence-electron chi connectivity index (χ1n) is 7.68. The summed E-state index contributed by atoms with van der Waals surface area (Å²) in [6.07, 6.45) is 1.29. The van der Waals surface area contributed by atoms with Crippen LogP contribution in [0.15, 0.2) is 24.3 Å². The predicted octanol–water partition coefficient (Wildman–Crippen LogP) is 1.81. The highest BCUT2D eigenvalue weighted by Crippen LogP contribution is 2.19. The summed E-state index contributed by atoms with van der Waals surface area (Å²) in [7, 11) is 3.44. The minimum Gasteiger partial charge on any atom is -0.497 e. The highest BCUT2D eigenvalue weighted by molar-refractivity contribution is 5.94. The smallest absolute Gasteiger partial charge is 0.242 e. The summed E-state index contributed by atoms with van der Waals surface area (Å²) < 4.78 is 6.81. The molecule has 1 amide bonds. The van der Waals surface area contributed by atoms with E-state index in [1.54, 1.807) is 11.8 Å². The maximum absolute atomic E-state index is 12.3. The molecule has 2 rings (SSSR count). The molecule has 0 bridgehead atoms. The number of amides is 1. The topological polar surface area (TPSA) is 82.2 Å². The number of rotatable bonds is 6. The third kappa shape index (κ3) is 3.90. The first-order chi connectivity index (χ1) is 11.0. The van der Waals surface area contributed by atoms with Crippen LogP contribution in [0.2, 0.25) is 0 Å². The lowest BCUT2D eigenvalue weighted by molar-refractivity contribution is -0.117. The summed E-state index contributed by atoms with van der Waals surface area (Å²) in [5.74, 6) is 1.27. The van der Waals surface area contributed by atoms with Crippen molar-refractivity contribution in [1.29, 1.82) is 0 Å². The normalized spacial score (nSPS) is 12.0. The molecule has 23 heavy (non-hydrogen) atoms. The molecule has 1 aromatic carbocycles. The summed E-state index contributed by atoms with van der Waals surface area (Å²) >= 11 is 0. The lowest BCUT2D eigenvalue weighted by atomic mass is 10.1. The van der Waals surface area contributed by atoms with Gasteiger partial charge in [0.25, 0.3) is 0 Å². The molecular formula is C17H24N4O2. The first-order valence-corrected chi connectivity index (χ1v) is 7.68. The second kappa shape index (κ2) is 7.28. The zero-order valence-electron chi connectivity index (χ0n) is 14.1. The maximum atomic E-state index is 12.3. The number of nitrogens with zero attached hydrogens (tertiary/aromatic N) is 2. The summed E-state index contributed by atoms with van der Waals surface area (Å²) in [6.45, 7) is 3.99. The molecule has 3 N–H and O–H groups in total. The molecule has 0 aliphatic carbocycles. The Kier molecular flexibility index (Phi) is 5.39. The SMILES string of the molecule is CCc1nn(C)c(NC(=O)[C@@H](N)Cc2ccc(OC)cc2)c1C. The Morgan fingerprint density at radius 1 is 1.39 bits per heavy atom. The van der Waals surface area contributed by atoms with Gasteiger partial charge in [-0.25, -0.2) is 0 Å². The van der Waals surface area contributed by atoms with Crippen LogP contribution >= 0.6 is 0 Å². The minimum atomic E-state index is -0.622. The van der Waals surface area contributed by atoms with E-state index in [9.17, 15) is 4.79 Å². The Bertz CT molecular complexity index is 677. The molecule has 2 aromatic rings. The van der Waals surface area contributed by atoms with Gasteiger partial charge in [-0.05, 0) is 37.5 Å². The monoisotopic (exact) mass is 316 g/mol. The first kappa shape index (κ1) is 17.0. The van der Waals surface area contributed by atoms with E-state index in [1.807, 2.05) is 45.2 Å². The van der Waals surface area contributed by atoms with E-state index >= 15 is 0 Å². The zero-order chi connectivity index (χ0) is 17.0. The van der Waals surface area contributed by atoms with Crippen molar-refractivity contribution in [3.8, 4) is 5.75 Å². The molecule has 6 nitrogen and oxygen atoms in total. The zero-order valence-corrected chi connectivity index (χ0v) is 14.1. The van der Waals surface area contributed by atoms with E-state index in [0.717, 1.165) is 29.0 Å². The van der Waals surface area contributed by atoms with Crippen LogP contribution in [0.4, 0.5) is 5.82 Å². The molecule has 1 atom stereocenters. The molecule has 0 aliphatic heterocycles. The Morgan fingerprint density at radius 2 is 2.04 bits per heavy atom. The van der Waals surface area contributed by atoms with Gasteiger partial charge in [0.1, 0.15) is 11.6 Å². The number of hydrogen-bond donors (Lipinski definition) is 2. The maximum Gasteiger partial charge on any atom is 0.242 e. The molecule has 124 valence electrons. The van der Waals surface area contributed by atoms with E-state index in [2.05, 4.69) is 10.4 Å². The number of hydrogen-bond acceptors (Lipinski definition) is 4. The van der Waals surface area contributed by atoms with Crippen LogP contribution in [-0.2, 0) is 24.7 Å². The number of anilines is 1. The van der Waals surface area contributed by atoms with Crippen molar-refractivity contribution in [3.05, 3.63) is 41.1 Å². The van der Waals surface area contributed by atoms with E-state index in [4.69, 9.17) is 10.5 Å². The molecule has 0 saturated heterocycles. The number of benzene rings is 1. The van der Waals surface area contributed by atoms with Crippen LogP contribution in [0.1, 0.15) is 23.7 Å². The van der Waals surface area contributed by atoms with Gasteiger partial charge in [0.2, 0.25) is 5.91 Å². The molecule has 0 radical (unpaired) electrons. The van der Waals surface area contributed by atoms with Gasteiger partial charge in [0.15, 0.2) is 0 Å². The van der Waals surface area contributed by atoms with Crippen LogP contribution in [0.5, 0.6) is 5.75 Å². The predicted molar refractivity (Wildman–Crippen MR) is 90.6 cm³/mol. The molecule has 0 saturated carbocycles. The highest BCUT2D eigenvalue weighted by Gasteiger charge is 2.18. The molecule has 0 unspecified atom stereocenters. The molecule has 6 heteroatoms. The average molecular weight is 316 g/mol. The summed E-state index contributed by atoms with van der Waals surface area (Å²) in [6, 6.07) is 6.92. The number of aryl methyl sites for hydroxylation is 2. The summed E-state index contributed by atoms with van der Waals surface area (Å²) in [5.41, 5.74) is 8.99. The number of nitrogens with two attached hydrogens (primary N) is 1. The van der Waals surface area contributed by atoms with Gasteiger partial charge >= 0.3 is 0 Å². The third-order valence-electron chi connectivity index (χ3n) is 3.91. The van der Waals surface area contributed by atoms with Crippen molar-refractivity contribution >= 4 is 11.7 Å².